The Bertz CT molecular complexity index is 878. The van der Waals surface area contributed by atoms with Gasteiger partial charge >= 0.3 is 5.97 Å². The predicted octanol–water partition coefficient (Wildman–Crippen LogP) is 2.63. The highest BCUT2D eigenvalue weighted by molar-refractivity contribution is 5.97. The molecule has 2 rings (SSSR count). The molecule has 2 N–H and O–H groups in total. The minimum absolute atomic E-state index is 0.262. The first-order chi connectivity index (χ1) is 13.5. The summed E-state index contributed by atoms with van der Waals surface area (Å²) >= 11 is 0. The number of amides is 1. The Hall–Kier alpha value is -3.36. The van der Waals surface area contributed by atoms with Crippen molar-refractivity contribution in [3.63, 3.8) is 0 Å². The maximum atomic E-state index is 12.4. The van der Waals surface area contributed by atoms with Gasteiger partial charge in [-0.1, -0.05) is 42.2 Å². The summed E-state index contributed by atoms with van der Waals surface area (Å²) < 4.78 is 4.76. The van der Waals surface area contributed by atoms with Crippen molar-refractivity contribution in [1.29, 1.82) is 0 Å². The molecule has 28 heavy (non-hydrogen) atoms. The zero-order chi connectivity index (χ0) is 20.4. The average molecular weight is 376 g/mol. The molecule has 0 spiro atoms. The standard InChI is InChI=1S/C23H24N2O3/c1-17(24-2)21(23(27)28-3)25-22(26)20-15-13-19(14-16-20)12-8-7-11-18-9-5-4-6-10-18/h4-6,8-10,12-17,21,24H,1-3H3,(H,25,26)/b12-8+/t17-,21+/m1/s1. The van der Waals surface area contributed by atoms with Crippen LogP contribution in [-0.2, 0) is 9.53 Å². The van der Waals surface area contributed by atoms with E-state index >= 15 is 0 Å². The number of nitrogens with one attached hydrogen (secondary N) is 2. The fourth-order valence-corrected chi connectivity index (χ4v) is 2.44. The molecule has 0 bridgehead atoms. The smallest absolute Gasteiger partial charge is 0.330 e. The van der Waals surface area contributed by atoms with Crippen LogP contribution >= 0.6 is 0 Å². The summed E-state index contributed by atoms with van der Waals surface area (Å²) in [6.07, 6.45) is 3.64. The summed E-state index contributed by atoms with van der Waals surface area (Å²) in [7, 11) is 3.01. The van der Waals surface area contributed by atoms with Gasteiger partial charge < -0.3 is 15.4 Å². The van der Waals surface area contributed by atoms with Crippen molar-refractivity contribution < 1.29 is 14.3 Å². The van der Waals surface area contributed by atoms with Crippen LogP contribution in [-0.4, -0.2) is 38.1 Å². The Balaban J connectivity index is 2.01. The van der Waals surface area contributed by atoms with Crippen LogP contribution in [0.1, 0.15) is 28.4 Å². The Kier molecular flexibility index (Phi) is 8.01. The number of allylic oxidation sites excluding steroid dienone is 1. The SMILES string of the molecule is CN[C@H](C)[C@H](NC(=O)c1ccc(/C=C/C#Cc2ccccc2)cc1)C(=O)OC. The van der Waals surface area contributed by atoms with Gasteiger partial charge in [-0.25, -0.2) is 4.79 Å². The molecule has 0 aliphatic carbocycles. The topological polar surface area (TPSA) is 67.4 Å². The molecule has 0 unspecified atom stereocenters. The number of rotatable bonds is 6. The molecule has 0 aliphatic rings. The van der Waals surface area contributed by atoms with Gasteiger partial charge in [-0.2, -0.15) is 0 Å². The molecule has 0 saturated carbocycles. The number of ether oxygens (including phenoxy) is 1. The fourth-order valence-electron chi connectivity index (χ4n) is 2.44. The molecular weight excluding hydrogens is 352 g/mol. The van der Waals surface area contributed by atoms with Crippen molar-refractivity contribution in [1.82, 2.24) is 10.6 Å². The molecule has 5 nitrogen and oxygen atoms in total. The van der Waals surface area contributed by atoms with Crippen molar-refractivity contribution in [2.75, 3.05) is 14.2 Å². The number of hydrogen-bond acceptors (Lipinski definition) is 4. The van der Waals surface area contributed by atoms with Crippen molar-refractivity contribution in [3.8, 4) is 11.8 Å². The number of hydrogen-bond donors (Lipinski definition) is 2. The molecule has 1 amide bonds. The summed E-state index contributed by atoms with van der Waals surface area (Å²) in [5.74, 6) is 5.20. The quantitative estimate of drug-likeness (QED) is 0.601. The number of methoxy groups -OCH3 is 1. The van der Waals surface area contributed by atoms with Gasteiger partial charge in [0, 0.05) is 17.2 Å². The van der Waals surface area contributed by atoms with Crippen LogP contribution in [0.2, 0.25) is 0 Å². The second-order valence-corrected chi connectivity index (χ2v) is 6.14. The van der Waals surface area contributed by atoms with Gasteiger partial charge in [-0.3, -0.25) is 4.79 Å². The van der Waals surface area contributed by atoms with Crippen LogP contribution in [0.15, 0.2) is 60.7 Å². The van der Waals surface area contributed by atoms with Gasteiger partial charge in [-0.15, -0.1) is 0 Å². The number of carbonyl (C=O) groups excluding carboxylic acids is 2. The van der Waals surface area contributed by atoms with E-state index in [9.17, 15) is 9.59 Å². The molecule has 5 heteroatoms. The van der Waals surface area contributed by atoms with E-state index in [2.05, 4.69) is 22.5 Å². The maximum Gasteiger partial charge on any atom is 0.330 e. The Labute approximate surface area is 165 Å². The summed E-state index contributed by atoms with van der Waals surface area (Å²) in [5.41, 5.74) is 2.34. The van der Waals surface area contributed by atoms with Gasteiger partial charge in [0.1, 0.15) is 6.04 Å². The van der Waals surface area contributed by atoms with Gasteiger partial charge in [0.25, 0.3) is 5.91 Å². The fraction of sp³-hybridized carbons (Fsp3) is 0.217. The molecule has 0 saturated heterocycles. The number of benzene rings is 2. The van der Waals surface area contributed by atoms with Gasteiger partial charge in [0.05, 0.1) is 7.11 Å². The zero-order valence-corrected chi connectivity index (χ0v) is 16.2. The first-order valence-electron chi connectivity index (χ1n) is 8.94. The van der Waals surface area contributed by atoms with E-state index < -0.39 is 12.0 Å². The molecule has 0 aromatic heterocycles. The third kappa shape index (κ3) is 6.11. The van der Waals surface area contributed by atoms with E-state index in [-0.39, 0.29) is 11.9 Å². The summed E-state index contributed by atoms with van der Waals surface area (Å²) in [5, 5.41) is 5.66. The van der Waals surface area contributed by atoms with E-state index in [0.29, 0.717) is 5.56 Å². The van der Waals surface area contributed by atoms with E-state index in [1.165, 1.54) is 7.11 Å². The van der Waals surface area contributed by atoms with E-state index in [0.717, 1.165) is 11.1 Å². The second-order valence-electron chi connectivity index (χ2n) is 6.14. The normalized spacial score (nSPS) is 12.5. The lowest BCUT2D eigenvalue weighted by Crippen LogP contribution is -2.52. The Morgan fingerprint density at radius 2 is 1.75 bits per heavy atom. The summed E-state index contributed by atoms with van der Waals surface area (Å²) in [6.45, 7) is 1.80. The van der Waals surface area contributed by atoms with Gasteiger partial charge in [0.2, 0.25) is 0 Å². The van der Waals surface area contributed by atoms with E-state index in [1.807, 2.05) is 48.5 Å². The van der Waals surface area contributed by atoms with Crippen LogP contribution in [0, 0.1) is 11.8 Å². The van der Waals surface area contributed by atoms with Crippen LogP contribution in [0.5, 0.6) is 0 Å². The highest BCUT2D eigenvalue weighted by Crippen LogP contribution is 2.07. The number of esters is 1. The van der Waals surface area contributed by atoms with Crippen LogP contribution in [0.4, 0.5) is 0 Å². The molecule has 0 heterocycles. The molecule has 0 aliphatic heterocycles. The molecule has 0 fully saturated rings. The average Bonchev–Trinajstić information content (AvgIpc) is 2.75. The number of likely N-dealkylation sites (N-methyl/N-ethyl adjacent to an activating group) is 1. The van der Waals surface area contributed by atoms with Crippen molar-refractivity contribution >= 4 is 18.0 Å². The molecular formula is C23H24N2O3. The third-order valence-corrected chi connectivity index (χ3v) is 4.22. The summed E-state index contributed by atoms with van der Waals surface area (Å²) in [6, 6.07) is 15.8. The van der Waals surface area contributed by atoms with Gasteiger partial charge in [-0.05, 0) is 56.0 Å². The molecule has 144 valence electrons. The molecule has 2 atom stereocenters. The minimum Gasteiger partial charge on any atom is -0.467 e. The summed E-state index contributed by atoms with van der Waals surface area (Å²) in [4.78, 5) is 24.3. The number of carbonyl (C=O) groups is 2. The minimum atomic E-state index is -0.768. The van der Waals surface area contributed by atoms with Crippen molar-refractivity contribution in [2.45, 2.75) is 19.0 Å². The maximum absolute atomic E-state index is 12.4. The molecule has 2 aromatic carbocycles. The van der Waals surface area contributed by atoms with E-state index in [4.69, 9.17) is 4.74 Å². The van der Waals surface area contributed by atoms with Crippen molar-refractivity contribution in [3.05, 3.63) is 77.4 Å². The lowest BCUT2D eigenvalue weighted by atomic mass is 10.1. The molecule has 2 aromatic rings. The second kappa shape index (κ2) is 10.7. The van der Waals surface area contributed by atoms with Crippen molar-refractivity contribution in [2.24, 2.45) is 0 Å². The lowest BCUT2D eigenvalue weighted by molar-refractivity contribution is -0.143. The lowest BCUT2D eigenvalue weighted by Gasteiger charge is -2.22. The predicted molar refractivity (Wildman–Crippen MR) is 111 cm³/mol. The highest BCUT2D eigenvalue weighted by atomic mass is 16.5. The third-order valence-electron chi connectivity index (χ3n) is 4.22. The van der Waals surface area contributed by atoms with E-state index in [1.54, 1.807) is 32.2 Å². The van der Waals surface area contributed by atoms with Crippen LogP contribution in [0.25, 0.3) is 6.08 Å². The monoisotopic (exact) mass is 376 g/mol. The zero-order valence-electron chi connectivity index (χ0n) is 16.2. The Morgan fingerprint density at radius 3 is 2.36 bits per heavy atom. The van der Waals surface area contributed by atoms with Crippen LogP contribution in [0.3, 0.4) is 0 Å². The molecule has 0 radical (unpaired) electrons. The van der Waals surface area contributed by atoms with Crippen LogP contribution < -0.4 is 10.6 Å². The first kappa shape index (κ1) is 20.9. The largest absolute Gasteiger partial charge is 0.467 e. The Morgan fingerprint density at radius 1 is 1.07 bits per heavy atom. The van der Waals surface area contributed by atoms with Gasteiger partial charge in [0.15, 0.2) is 0 Å². The highest BCUT2D eigenvalue weighted by Gasteiger charge is 2.27. The first-order valence-corrected chi connectivity index (χ1v) is 8.94.